The van der Waals surface area contributed by atoms with E-state index >= 15 is 0 Å². The van der Waals surface area contributed by atoms with E-state index in [2.05, 4.69) is 49.4 Å². The van der Waals surface area contributed by atoms with Gasteiger partial charge < -0.3 is 5.73 Å². The van der Waals surface area contributed by atoms with E-state index in [0.29, 0.717) is 12.5 Å². The monoisotopic (exact) mass is 185 g/mol. The summed E-state index contributed by atoms with van der Waals surface area (Å²) in [6, 6.07) is 14.9. The van der Waals surface area contributed by atoms with E-state index in [1.54, 1.807) is 0 Å². The number of fused-ring (bicyclic) bond motifs is 1. The van der Waals surface area contributed by atoms with Crippen LogP contribution >= 0.6 is 0 Å². The van der Waals surface area contributed by atoms with Gasteiger partial charge in [-0.05, 0) is 28.8 Å². The average molecular weight is 185 g/mol. The van der Waals surface area contributed by atoms with Gasteiger partial charge >= 0.3 is 0 Å². The molecule has 1 heteroatoms. The largest absolute Gasteiger partial charge is 0.330 e. The number of hydrogen-bond acceptors (Lipinski definition) is 1. The molecular formula is C13H15N. The van der Waals surface area contributed by atoms with E-state index in [1.807, 2.05) is 0 Å². The maximum Gasteiger partial charge on any atom is -0.00107 e. The van der Waals surface area contributed by atoms with Crippen LogP contribution in [-0.4, -0.2) is 6.54 Å². The second kappa shape index (κ2) is 3.81. The van der Waals surface area contributed by atoms with Crippen LogP contribution in [0.4, 0.5) is 0 Å². The Hall–Kier alpha value is -1.34. The Kier molecular flexibility index (Phi) is 2.51. The minimum atomic E-state index is 0.432. The Labute approximate surface area is 84.5 Å². The van der Waals surface area contributed by atoms with Crippen LogP contribution in [0.1, 0.15) is 18.4 Å². The number of nitrogens with two attached hydrogens (primary N) is 1. The SMILES string of the molecule is C[C@H](CN)c1cccc2ccccc12. The van der Waals surface area contributed by atoms with Gasteiger partial charge in [0.2, 0.25) is 0 Å². The summed E-state index contributed by atoms with van der Waals surface area (Å²) in [5, 5.41) is 2.62. The van der Waals surface area contributed by atoms with Crippen LogP contribution in [0.15, 0.2) is 42.5 Å². The molecule has 2 N–H and O–H groups in total. The molecule has 72 valence electrons. The third-order valence-corrected chi connectivity index (χ3v) is 2.71. The predicted octanol–water partition coefficient (Wildman–Crippen LogP) is 2.90. The lowest BCUT2D eigenvalue weighted by Crippen LogP contribution is -2.09. The van der Waals surface area contributed by atoms with Gasteiger partial charge in [-0.1, -0.05) is 49.4 Å². The Morgan fingerprint density at radius 1 is 1.07 bits per heavy atom. The van der Waals surface area contributed by atoms with Crippen LogP contribution in [0.2, 0.25) is 0 Å². The average Bonchev–Trinajstić information content (AvgIpc) is 2.27. The first-order valence-corrected chi connectivity index (χ1v) is 5.00. The van der Waals surface area contributed by atoms with Gasteiger partial charge in [0.05, 0.1) is 0 Å². The van der Waals surface area contributed by atoms with Gasteiger partial charge in [-0.3, -0.25) is 0 Å². The Bertz CT molecular complexity index is 429. The van der Waals surface area contributed by atoms with Gasteiger partial charge in [-0.25, -0.2) is 0 Å². The van der Waals surface area contributed by atoms with Gasteiger partial charge in [0.25, 0.3) is 0 Å². The van der Waals surface area contributed by atoms with Gasteiger partial charge in [0.1, 0.15) is 0 Å². The zero-order valence-electron chi connectivity index (χ0n) is 8.40. The van der Waals surface area contributed by atoms with Crippen molar-refractivity contribution in [2.24, 2.45) is 5.73 Å². The summed E-state index contributed by atoms with van der Waals surface area (Å²) in [4.78, 5) is 0. The van der Waals surface area contributed by atoms with Crippen molar-refractivity contribution in [2.75, 3.05) is 6.54 Å². The summed E-state index contributed by atoms with van der Waals surface area (Å²) in [6.45, 7) is 2.87. The first-order chi connectivity index (χ1) is 6.83. The van der Waals surface area contributed by atoms with Gasteiger partial charge in [-0.15, -0.1) is 0 Å². The fourth-order valence-electron chi connectivity index (χ4n) is 1.81. The summed E-state index contributed by atoms with van der Waals surface area (Å²) in [5.41, 5.74) is 7.05. The van der Waals surface area contributed by atoms with E-state index in [-0.39, 0.29) is 0 Å². The molecule has 0 aliphatic rings. The van der Waals surface area contributed by atoms with Gasteiger partial charge in [0.15, 0.2) is 0 Å². The molecule has 0 aromatic heterocycles. The topological polar surface area (TPSA) is 26.0 Å². The van der Waals surface area contributed by atoms with Crippen LogP contribution in [0, 0.1) is 0 Å². The minimum absolute atomic E-state index is 0.432. The summed E-state index contributed by atoms with van der Waals surface area (Å²) in [6.07, 6.45) is 0. The Morgan fingerprint density at radius 3 is 2.57 bits per heavy atom. The first-order valence-electron chi connectivity index (χ1n) is 5.00. The first kappa shape index (κ1) is 9.22. The molecule has 0 radical (unpaired) electrons. The molecule has 0 fully saturated rings. The van der Waals surface area contributed by atoms with E-state index in [9.17, 15) is 0 Å². The molecule has 0 unspecified atom stereocenters. The summed E-state index contributed by atoms with van der Waals surface area (Å²) in [7, 11) is 0. The number of hydrogen-bond donors (Lipinski definition) is 1. The molecule has 0 saturated carbocycles. The Morgan fingerprint density at radius 2 is 1.79 bits per heavy atom. The summed E-state index contributed by atoms with van der Waals surface area (Å²) in [5.74, 6) is 0.432. The zero-order valence-corrected chi connectivity index (χ0v) is 8.40. The molecule has 0 aliphatic carbocycles. The lowest BCUT2D eigenvalue weighted by Gasteiger charge is -2.11. The summed E-state index contributed by atoms with van der Waals surface area (Å²) < 4.78 is 0. The fourth-order valence-corrected chi connectivity index (χ4v) is 1.81. The lowest BCUT2D eigenvalue weighted by atomic mass is 9.95. The highest BCUT2D eigenvalue weighted by atomic mass is 14.5. The molecule has 0 bridgehead atoms. The third-order valence-electron chi connectivity index (χ3n) is 2.71. The molecule has 1 nitrogen and oxygen atoms in total. The van der Waals surface area contributed by atoms with Crippen LogP contribution in [0.5, 0.6) is 0 Å². The molecule has 2 aromatic rings. The zero-order chi connectivity index (χ0) is 9.97. The number of benzene rings is 2. The molecular weight excluding hydrogens is 170 g/mol. The quantitative estimate of drug-likeness (QED) is 0.765. The fraction of sp³-hybridized carbons (Fsp3) is 0.231. The minimum Gasteiger partial charge on any atom is -0.330 e. The standard InChI is InChI=1S/C13H15N/c1-10(9-14)12-8-4-6-11-5-2-3-7-13(11)12/h2-8,10H,9,14H2,1H3/t10-/m1/s1. The summed E-state index contributed by atoms with van der Waals surface area (Å²) >= 11 is 0. The lowest BCUT2D eigenvalue weighted by molar-refractivity contribution is 0.781. The van der Waals surface area contributed by atoms with E-state index in [0.717, 1.165) is 0 Å². The van der Waals surface area contributed by atoms with Crippen LogP contribution in [0.25, 0.3) is 10.8 Å². The molecule has 0 amide bonds. The molecule has 0 heterocycles. The highest BCUT2D eigenvalue weighted by Crippen LogP contribution is 2.24. The van der Waals surface area contributed by atoms with Crippen molar-refractivity contribution in [1.29, 1.82) is 0 Å². The predicted molar refractivity (Wildman–Crippen MR) is 61.4 cm³/mol. The van der Waals surface area contributed by atoms with Crippen molar-refractivity contribution in [3.63, 3.8) is 0 Å². The maximum absolute atomic E-state index is 5.70. The maximum atomic E-state index is 5.70. The second-order valence-electron chi connectivity index (χ2n) is 3.71. The van der Waals surface area contributed by atoms with Crippen LogP contribution in [0.3, 0.4) is 0 Å². The highest BCUT2D eigenvalue weighted by Gasteiger charge is 2.06. The molecule has 1 atom stereocenters. The Balaban J connectivity index is 2.65. The highest BCUT2D eigenvalue weighted by molar-refractivity contribution is 5.86. The van der Waals surface area contributed by atoms with Gasteiger partial charge in [-0.2, -0.15) is 0 Å². The van der Waals surface area contributed by atoms with Crippen molar-refractivity contribution in [2.45, 2.75) is 12.8 Å². The van der Waals surface area contributed by atoms with Crippen molar-refractivity contribution in [3.05, 3.63) is 48.0 Å². The molecule has 0 saturated heterocycles. The van der Waals surface area contributed by atoms with Gasteiger partial charge in [0, 0.05) is 0 Å². The molecule has 14 heavy (non-hydrogen) atoms. The van der Waals surface area contributed by atoms with Crippen molar-refractivity contribution in [3.8, 4) is 0 Å². The smallest absolute Gasteiger partial charge is 0.00107 e. The second-order valence-corrected chi connectivity index (χ2v) is 3.71. The van der Waals surface area contributed by atoms with Crippen LogP contribution < -0.4 is 5.73 Å². The van der Waals surface area contributed by atoms with E-state index in [4.69, 9.17) is 5.73 Å². The van der Waals surface area contributed by atoms with Crippen molar-refractivity contribution in [1.82, 2.24) is 0 Å². The van der Waals surface area contributed by atoms with Crippen LogP contribution in [-0.2, 0) is 0 Å². The van der Waals surface area contributed by atoms with E-state index in [1.165, 1.54) is 16.3 Å². The van der Waals surface area contributed by atoms with Crippen molar-refractivity contribution >= 4 is 10.8 Å². The molecule has 0 spiro atoms. The molecule has 0 aliphatic heterocycles. The third kappa shape index (κ3) is 1.51. The number of rotatable bonds is 2. The molecule has 2 aromatic carbocycles. The van der Waals surface area contributed by atoms with E-state index < -0.39 is 0 Å². The molecule has 2 rings (SSSR count). The normalized spacial score (nSPS) is 13.0. The van der Waals surface area contributed by atoms with Crippen molar-refractivity contribution < 1.29 is 0 Å².